The lowest BCUT2D eigenvalue weighted by atomic mass is 9.80. The van der Waals surface area contributed by atoms with Gasteiger partial charge in [-0.15, -0.1) is 11.3 Å². The van der Waals surface area contributed by atoms with Crippen LogP contribution in [-0.4, -0.2) is 21.9 Å². The molecule has 6 nitrogen and oxygen atoms in total. The zero-order valence-electron chi connectivity index (χ0n) is 10.5. The second-order valence-corrected chi connectivity index (χ2v) is 4.86. The summed E-state index contributed by atoms with van der Waals surface area (Å²) in [5.74, 6) is -0.290. The number of rotatable bonds is 6. The summed E-state index contributed by atoms with van der Waals surface area (Å²) in [6, 6.07) is 0. The molecule has 1 rings (SSSR count). The van der Waals surface area contributed by atoms with Crippen LogP contribution in [0.3, 0.4) is 0 Å². The fourth-order valence-corrected chi connectivity index (χ4v) is 2.37. The van der Waals surface area contributed by atoms with Gasteiger partial charge in [0.15, 0.2) is 5.84 Å². The minimum Gasteiger partial charge on any atom is -0.409 e. The van der Waals surface area contributed by atoms with E-state index in [1.807, 2.05) is 19.2 Å². The molecule has 0 aromatic carbocycles. The minimum atomic E-state index is -0.952. The molecule has 0 aliphatic rings. The molecule has 18 heavy (non-hydrogen) atoms. The first-order valence-corrected chi connectivity index (χ1v) is 6.63. The second-order valence-electron chi connectivity index (χ2n) is 3.88. The molecule has 0 unspecified atom stereocenters. The van der Waals surface area contributed by atoms with Crippen molar-refractivity contribution in [2.45, 2.75) is 33.2 Å². The smallest absolute Gasteiger partial charge is 0.234 e. The van der Waals surface area contributed by atoms with E-state index in [1.165, 1.54) is 11.3 Å². The van der Waals surface area contributed by atoms with Gasteiger partial charge in [-0.25, -0.2) is 4.98 Å². The molecular weight excluding hydrogens is 252 g/mol. The van der Waals surface area contributed by atoms with Crippen LogP contribution < -0.4 is 11.1 Å². The van der Waals surface area contributed by atoms with Crippen LogP contribution in [0.2, 0.25) is 0 Å². The maximum atomic E-state index is 12.2. The van der Waals surface area contributed by atoms with E-state index in [0.29, 0.717) is 19.4 Å². The molecule has 4 N–H and O–H groups in total. The molecule has 7 heteroatoms. The summed E-state index contributed by atoms with van der Waals surface area (Å²) in [5, 5.41) is 17.2. The predicted molar refractivity (Wildman–Crippen MR) is 70.4 cm³/mol. The highest BCUT2D eigenvalue weighted by Crippen LogP contribution is 2.27. The molecule has 1 aromatic heterocycles. The third-order valence-electron chi connectivity index (χ3n) is 3.12. The monoisotopic (exact) mass is 270 g/mol. The first-order valence-electron chi connectivity index (χ1n) is 5.75. The Kier molecular flexibility index (Phi) is 5.08. The second kappa shape index (κ2) is 6.34. The lowest BCUT2D eigenvalue weighted by Gasteiger charge is -2.28. The fraction of sp³-hybridized carbons (Fsp3) is 0.545. The molecule has 0 aliphatic heterocycles. The summed E-state index contributed by atoms with van der Waals surface area (Å²) in [5.41, 5.74) is 4.70. The van der Waals surface area contributed by atoms with Crippen molar-refractivity contribution in [3.05, 3.63) is 16.6 Å². The van der Waals surface area contributed by atoms with Crippen molar-refractivity contribution in [2.24, 2.45) is 16.3 Å². The highest BCUT2D eigenvalue weighted by Gasteiger charge is 2.39. The van der Waals surface area contributed by atoms with Crippen molar-refractivity contribution in [2.75, 3.05) is 0 Å². The predicted octanol–water partition coefficient (Wildman–Crippen LogP) is 1.31. The van der Waals surface area contributed by atoms with Gasteiger partial charge < -0.3 is 16.3 Å². The molecule has 0 radical (unpaired) electrons. The highest BCUT2D eigenvalue weighted by atomic mass is 32.1. The summed E-state index contributed by atoms with van der Waals surface area (Å²) in [6.07, 6.45) is 2.63. The Labute approximate surface area is 110 Å². The van der Waals surface area contributed by atoms with Gasteiger partial charge in [0.2, 0.25) is 5.91 Å². The first kappa shape index (κ1) is 14.4. The number of thiazole rings is 1. The van der Waals surface area contributed by atoms with Crippen molar-refractivity contribution in [1.82, 2.24) is 10.3 Å². The van der Waals surface area contributed by atoms with Gasteiger partial charge >= 0.3 is 0 Å². The quantitative estimate of drug-likeness (QED) is 0.314. The molecule has 0 bridgehead atoms. The number of carbonyl (C=O) groups is 1. The lowest BCUT2D eigenvalue weighted by molar-refractivity contribution is -0.128. The van der Waals surface area contributed by atoms with E-state index < -0.39 is 5.41 Å². The highest BCUT2D eigenvalue weighted by molar-refractivity contribution is 7.09. The van der Waals surface area contributed by atoms with Gasteiger partial charge in [0.25, 0.3) is 0 Å². The van der Waals surface area contributed by atoms with Gasteiger partial charge in [-0.2, -0.15) is 0 Å². The molecule has 100 valence electrons. The Morgan fingerprint density at radius 3 is 2.72 bits per heavy atom. The molecule has 0 atom stereocenters. The third kappa shape index (κ3) is 2.79. The van der Waals surface area contributed by atoms with E-state index >= 15 is 0 Å². The standard InChI is InChI=1S/C11H18N4O2S/c1-3-11(4-2,9(12)15-17)10(16)14-7-8-13-5-6-18-8/h5-6,17H,3-4,7H2,1-2H3,(H2,12,15)(H,14,16). The maximum Gasteiger partial charge on any atom is 0.234 e. The van der Waals surface area contributed by atoms with E-state index in [-0.39, 0.29) is 11.7 Å². The zero-order chi connectivity index (χ0) is 13.6. The van der Waals surface area contributed by atoms with Crippen LogP contribution in [-0.2, 0) is 11.3 Å². The Hall–Kier alpha value is -1.63. The molecule has 1 aromatic rings. The van der Waals surface area contributed by atoms with Crippen molar-refractivity contribution < 1.29 is 10.0 Å². The molecular formula is C11H18N4O2S. The Balaban J connectivity index is 2.77. The largest absolute Gasteiger partial charge is 0.409 e. The maximum absolute atomic E-state index is 12.2. The van der Waals surface area contributed by atoms with Crippen LogP contribution in [0.1, 0.15) is 31.7 Å². The number of nitrogens with one attached hydrogen (secondary N) is 1. The van der Waals surface area contributed by atoms with Gasteiger partial charge in [-0.3, -0.25) is 4.79 Å². The number of nitrogens with zero attached hydrogens (tertiary/aromatic N) is 2. The van der Waals surface area contributed by atoms with E-state index in [0.717, 1.165) is 5.01 Å². The van der Waals surface area contributed by atoms with Crippen LogP contribution in [0.5, 0.6) is 0 Å². The number of oxime groups is 1. The summed E-state index contributed by atoms with van der Waals surface area (Å²) < 4.78 is 0. The van der Waals surface area contributed by atoms with Crippen LogP contribution >= 0.6 is 11.3 Å². The van der Waals surface area contributed by atoms with Crippen LogP contribution in [0, 0.1) is 5.41 Å². The van der Waals surface area contributed by atoms with Crippen molar-refractivity contribution in [3.63, 3.8) is 0 Å². The van der Waals surface area contributed by atoms with Crippen LogP contribution in [0.4, 0.5) is 0 Å². The molecule has 0 saturated carbocycles. The summed E-state index contributed by atoms with van der Waals surface area (Å²) in [6.45, 7) is 4.03. The van der Waals surface area contributed by atoms with E-state index in [1.54, 1.807) is 6.20 Å². The Morgan fingerprint density at radius 1 is 1.61 bits per heavy atom. The molecule has 0 fully saturated rings. The molecule has 0 aliphatic carbocycles. The van der Waals surface area contributed by atoms with Gasteiger partial charge in [-0.1, -0.05) is 19.0 Å². The molecule has 0 spiro atoms. The van der Waals surface area contributed by atoms with Crippen molar-refractivity contribution in [1.29, 1.82) is 0 Å². The number of nitrogens with two attached hydrogens (primary N) is 1. The topological polar surface area (TPSA) is 101 Å². The number of amides is 1. The number of aromatic nitrogens is 1. The van der Waals surface area contributed by atoms with Crippen molar-refractivity contribution in [3.8, 4) is 0 Å². The zero-order valence-corrected chi connectivity index (χ0v) is 11.3. The van der Waals surface area contributed by atoms with Crippen LogP contribution in [0.15, 0.2) is 16.7 Å². The molecule has 0 saturated heterocycles. The van der Waals surface area contributed by atoms with Crippen molar-refractivity contribution >= 4 is 23.1 Å². The first-order chi connectivity index (χ1) is 8.60. The average molecular weight is 270 g/mol. The van der Waals surface area contributed by atoms with Gasteiger partial charge in [-0.05, 0) is 12.8 Å². The summed E-state index contributed by atoms with van der Waals surface area (Å²) in [7, 11) is 0. The average Bonchev–Trinajstić information content (AvgIpc) is 2.91. The van der Waals surface area contributed by atoms with Gasteiger partial charge in [0.1, 0.15) is 10.4 Å². The van der Waals surface area contributed by atoms with E-state index in [9.17, 15) is 4.79 Å². The number of amidine groups is 1. The van der Waals surface area contributed by atoms with E-state index in [2.05, 4.69) is 15.5 Å². The summed E-state index contributed by atoms with van der Waals surface area (Å²) in [4.78, 5) is 16.3. The number of hydrogen-bond donors (Lipinski definition) is 3. The Morgan fingerprint density at radius 2 is 2.28 bits per heavy atom. The number of carbonyl (C=O) groups excluding carboxylic acids is 1. The fourth-order valence-electron chi connectivity index (χ4n) is 1.81. The van der Waals surface area contributed by atoms with Crippen LogP contribution in [0.25, 0.3) is 0 Å². The summed E-state index contributed by atoms with van der Waals surface area (Å²) >= 11 is 1.47. The molecule has 1 amide bonds. The minimum absolute atomic E-state index is 0.0517. The van der Waals surface area contributed by atoms with Gasteiger partial charge in [0, 0.05) is 11.6 Å². The normalized spacial score (nSPS) is 12.4. The molecule has 1 heterocycles. The van der Waals surface area contributed by atoms with Gasteiger partial charge in [0.05, 0.1) is 6.54 Å². The SMILES string of the molecule is CCC(CC)(C(=O)NCc1nccs1)C(N)=NO. The third-order valence-corrected chi connectivity index (χ3v) is 3.90. The Bertz CT molecular complexity index is 413. The van der Waals surface area contributed by atoms with E-state index in [4.69, 9.17) is 10.9 Å². The lowest BCUT2D eigenvalue weighted by Crippen LogP contribution is -2.49. The number of hydrogen-bond acceptors (Lipinski definition) is 5.